The number of carbonyl (C=O) groups is 1. The van der Waals surface area contributed by atoms with Gasteiger partial charge in [-0.2, -0.15) is 0 Å². The van der Waals surface area contributed by atoms with Crippen LogP contribution in [-0.4, -0.2) is 30.5 Å². The largest absolute Gasteiger partial charge is 0.545 e. The van der Waals surface area contributed by atoms with E-state index in [1.165, 1.54) is 26.6 Å². The maximum atomic E-state index is 9.49. The summed E-state index contributed by atoms with van der Waals surface area (Å²) >= 11 is 0. The molecule has 0 amide bonds. The molecule has 0 aromatic heterocycles. The molecule has 0 saturated heterocycles. The van der Waals surface area contributed by atoms with Crippen LogP contribution in [0.25, 0.3) is 0 Å². The van der Waals surface area contributed by atoms with Crippen LogP contribution in [0, 0.1) is 0 Å². The molecule has 0 aromatic rings. The Morgan fingerprint density at radius 1 is 1.23 bits per heavy atom. The van der Waals surface area contributed by atoms with Crippen LogP contribution < -0.4 is 5.11 Å². The molecule has 0 fully saturated rings. The van der Waals surface area contributed by atoms with Gasteiger partial charge in [0.1, 0.15) is 0 Å². The van der Waals surface area contributed by atoms with Crippen LogP contribution in [0.5, 0.6) is 0 Å². The average Bonchev–Trinajstić information content (AvgIpc) is 2.08. The minimum atomic E-state index is -1.19. The molecule has 0 aromatic carbocycles. The van der Waals surface area contributed by atoms with Crippen LogP contribution in [0.3, 0.4) is 0 Å². The van der Waals surface area contributed by atoms with Gasteiger partial charge in [0.05, 0.1) is 5.97 Å². The molecule has 0 aliphatic heterocycles. The van der Waals surface area contributed by atoms with Crippen molar-refractivity contribution in [3.63, 3.8) is 0 Å². The molecule has 0 atom stereocenters. The predicted molar refractivity (Wildman–Crippen MR) is 53.3 cm³/mol. The van der Waals surface area contributed by atoms with Gasteiger partial charge < -0.3 is 14.8 Å². The van der Waals surface area contributed by atoms with E-state index in [0.29, 0.717) is 0 Å². The normalized spacial score (nSPS) is 9.00. The van der Waals surface area contributed by atoms with Crippen molar-refractivity contribution in [2.45, 2.75) is 27.7 Å². The third-order valence-corrected chi connectivity index (χ3v) is 1.69. The van der Waals surface area contributed by atoms with Crippen LogP contribution in [-0.2, 0) is 4.79 Å². The Morgan fingerprint density at radius 2 is 1.46 bits per heavy atom. The zero-order valence-corrected chi connectivity index (χ0v) is 9.09. The number of carboxylic acid groups (broad SMARTS) is 1. The molecule has 3 nitrogen and oxygen atoms in total. The Hall–Kier alpha value is -0.830. The minimum Gasteiger partial charge on any atom is -0.545 e. The number of carboxylic acids is 1. The molecular weight excluding hydrogens is 166 g/mol. The Morgan fingerprint density at radius 3 is 1.46 bits per heavy atom. The van der Waals surface area contributed by atoms with Gasteiger partial charge in [-0.3, -0.25) is 0 Å². The summed E-state index contributed by atoms with van der Waals surface area (Å²) in [6.45, 7) is 14.6. The minimum absolute atomic E-state index is 0.0648. The summed E-state index contributed by atoms with van der Waals surface area (Å²) in [5.41, 5.74) is 0.0648. The van der Waals surface area contributed by atoms with E-state index in [4.69, 9.17) is 0 Å². The van der Waals surface area contributed by atoms with Gasteiger partial charge in [0.2, 0.25) is 0 Å². The first kappa shape index (κ1) is 14.7. The molecule has 0 saturated carbocycles. The Labute approximate surface area is 81.1 Å². The molecule has 78 valence electrons. The van der Waals surface area contributed by atoms with Crippen molar-refractivity contribution in [3.8, 4) is 0 Å². The fourth-order valence-corrected chi connectivity index (χ4v) is 0.671. The first-order valence-corrected chi connectivity index (χ1v) is 4.58. The smallest absolute Gasteiger partial charge is 0.0666 e. The van der Waals surface area contributed by atoms with Crippen LogP contribution >= 0.6 is 0 Å². The Balaban J connectivity index is 0. The topological polar surface area (TPSA) is 43.4 Å². The van der Waals surface area contributed by atoms with Crippen molar-refractivity contribution in [1.29, 1.82) is 0 Å². The van der Waals surface area contributed by atoms with Crippen molar-refractivity contribution >= 4 is 5.97 Å². The van der Waals surface area contributed by atoms with Crippen LogP contribution in [0.2, 0.25) is 0 Å². The van der Waals surface area contributed by atoms with Crippen LogP contribution in [0.15, 0.2) is 12.2 Å². The van der Waals surface area contributed by atoms with E-state index in [-0.39, 0.29) is 5.57 Å². The van der Waals surface area contributed by atoms with Gasteiger partial charge in [-0.25, -0.2) is 0 Å². The summed E-state index contributed by atoms with van der Waals surface area (Å²) in [7, 11) is 0. The molecule has 0 radical (unpaired) electrons. The van der Waals surface area contributed by atoms with Gasteiger partial charge >= 0.3 is 0 Å². The molecular formula is C10H20NO2-. The fourth-order valence-electron chi connectivity index (χ4n) is 0.671. The molecule has 0 bridgehead atoms. The number of hydrogen-bond donors (Lipinski definition) is 0. The molecule has 0 heterocycles. The van der Waals surface area contributed by atoms with E-state index in [1.54, 1.807) is 0 Å². The first-order valence-electron chi connectivity index (χ1n) is 4.58. The quantitative estimate of drug-likeness (QED) is 0.606. The highest BCUT2D eigenvalue weighted by Crippen LogP contribution is 1.81. The molecule has 0 rings (SSSR count). The fraction of sp³-hybridized carbons (Fsp3) is 0.700. The second-order valence-corrected chi connectivity index (χ2v) is 2.69. The standard InChI is InChI=1S/C6H15N.C4H6O2/c1-4-7(5-2)6-3;1-3(2)4(5)6/h4-6H2,1-3H3;1H2,2H3,(H,5,6)/p-1. The summed E-state index contributed by atoms with van der Waals surface area (Å²) in [6, 6.07) is 0. The van der Waals surface area contributed by atoms with Gasteiger partial charge in [0, 0.05) is 0 Å². The van der Waals surface area contributed by atoms with Crippen LogP contribution in [0.1, 0.15) is 27.7 Å². The van der Waals surface area contributed by atoms with Gasteiger partial charge in [-0.15, -0.1) is 0 Å². The van der Waals surface area contributed by atoms with Gasteiger partial charge in [0.25, 0.3) is 0 Å². The third kappa shape index (κ3) is 11.2. The molecule has 0 aliphatic rings. The average molecular weight is 186 g/mol. The monoisotopic (exact) mass is 186 g/mol. The van der Waals surface area contributed by atoms with Crippen molar-refractivity contribution in [3.05, 3.63) is 12.2 Å². The number of hydrogen-bond acceptors (Lipinski definition) is 3. The zero-order valence-electron chi connectivity index (χ0n) is 9.09. The highest BCUT2D eigenvalue weighted by atomic mass is 16.4. The molecule has 0 aliphatic carbocycles. The maximum absolute atomic E-state index is 9.49. The predicted octanol–water partition coefficient (Wildman–Crippen LogP) is 0.660. The van der Waals surface area contributed by atoms with Crippen molar-refractivity contribution in [2.75, 3.05) is 19.6 Å². The van der Waals surface area contributed by atoms with Gasteiger partial charge in [-0.1, -0.05) is 27.4 Å². The SMILES string of the molecule is C=C(C)C(=O)[O-].CCN(CC)CC. The van der Waals surface area contributed by atoms with E-state index in [1.807, 2.05) is 0 Å². The maximum Gasteiger partial charge on any atom is 0.0666 e. The van der Waals surface area contributed by atoms with E-state index in [9.17, 15) is 9.90 Å². The van der Waals surface area contributed by atoms with Crippen molar-refractivity contribution < 1.29 is 9.90 Å². The van der Waals surface area contributed by atoms with Crippen molar-refractivity contribution in [2.24, 2.45) is 0 Å². The van der Waals surface area contributed by atoms with E-state index in [0.717, 1.165) is 0 Å². The number of carbonyl (C=O) groups excluding carboxylic acids is 1. The summed E-state index contributed by atoms with van der Waals surface area (Å²) < 4.78 is 0. The summed E-state index contributed by atoms with van der Waals surface area (Å²) in [5, 5.41) is 9.49. The lowest BCUT2D eigenvalue weighted by molar-refractivity contribution is -0.299. The highest BCUT2D eigenvalue weighted by molar-refractivity contribution is 5.82. The van der Waals surface area contributed by atoms with Crippen LogP contribution in [0.4, 0.5) is 0 Å². The summed E-state index contributed by atoms with van der Waals surface area (Å²) in [4.78, 5) is 11.9. The molecule has 3 heteroatoms. The van der Waals surface area contributed by atoms with E-state index >= 15 is 0 Å². The Kier molecular flexibility index (Phi) is 10.5. The molecule has 13 heavy (non-hydrogen) atoms. The lowest BCUT2D eigenvalue weighted by atomic mass is 10.4. The first-order chi connectivity index (χ1) is 5.99. The second-order valence-electron chi connectivity index (χ2n) is 2.69. The number of aliphatic carboxylic acids is 1. The Bertz CT molecular complexity index is 133. The molecule has 0 N–H and O–H groups in total. The van der Waals surface area contributed by atoms with Crippen molar-refractivity contribution in [1.82, 2.24) is 4.90 Å². The van der Waals surface area contributed by atoms with Gasteiger partial charge in [-0.05, 0) is 32.1 Å². The van der Waals surface area contributed by atoms with E-state index < -0.39 is 5.97 Å². The second kappa shape index (κ2) is 9.26. The summed E-state index contributed by atoms with van der Waals surface area (Å²) in [6.07, 6.45) is 0. The zero-order chi connectivity index (χ0) is 10.9. The van der Waals surface area contributed by atoms with E-state index in [2.05, 4.69) is 32.3 Å². The molecule has 0 spiro atoms. The molecule has 0 unspecified atom stereocenters. The lowest BCUT2D eigenvalue weighted by Crippen LogP contribution is -2.22. The third-order valence-electron chi connectivity index (χ3n) is 1.69. The summed E-state index contributed by atoms with van der Waals surface area (Å²) in [5.74, 6) is -1.19. The highest BCUT2D eigenvalue weighted by Gasteiger charge is 1.89. The number of rotatable bonds is 4. The van der Waals surface area contributed by atoms with Gasteiger partial charge in [0.15, 0.2) is 0 Å². The lowest BCUT2D eigenvalue weighted by Gasteiger charge is -2.13. The number of nitrogens with zero attached hydrogens (tertiary/aromatic N) is 1.